The van der Waals surface area contributed by atoms with Crippen molar-refractivity contribution in [3.8, 4) is 0 Å². The summed E-state index contributed by atoms with van der Waals surface area (Å²) < 4.78 is 0. The molecule has 0 aromatic heterocycles. The van der Waals surface area contributed by atoms with E-state index < -0.39 is 23.9 Å². The SMILES string of the molecule is O=C([O-])CN1CCN(CC(=O)[O-])CCN(CC(=O)[O-])C(CC2CCC(Br)CC2)CN(CC(=O)[O-])CC1. The second-order valence-corrected chi connectivity index (χ2v) is 11.0. The molecule has 1 atom stereocenters. The van der Waals surface area contributed by atoms with Crippen LogP contribution in [0.25, 0.3) is 0 Å². The summed E-state index contributed by atoms with van der Waals surface area (Å²) in [7, 11) is 0. The number of nitrogens with zero attached hydrogens (tertiary/aromatic N) is 4. The third kappa shape index (κ3) is 12.0. The van der Waals surface area contributed by atoms with Crippen molar-refractivity contribution >= 4 is 39.8 Å². The Bertz CT molecular complexity index is 750. The van der Waals surface area contributed by atoms with Gasteiger partial charge in [-0.2, -0.15) is 0 Å². The lowest BCUT2D eigenvalue weighted by Crippen LogP contribution is -2.55. The number of carboxylic acid groups (broad SMARTS) is 4. The van der Waals surface area contributed by atoms with Gasteiger partial charge in [0.25, 0.3) is 0 Å². The van der Waals surface area contributed by atoms with Crippen LogP contribution in [0.4, 0.5) is 0 Å². The quantitative estimate of drug-likeness (QED) is 0.227. The molecule has 0 radical (unpaired) electrons. The molecule has 206 valence electrons. The maximum Gasteiger partial charge on any atom is 0.0555 e. The Hall–Kier alpha value is -1.80. The van der Waals surface area contributed by atoms with Crippen LogP contribution in [-0.4, -0.2) is 126 Å². The third-order valence-electron chi connectivity index (χ3n) is 6.93. The molecule has 0 aromatic carbocycles. The van der Waals surface area contributed by atoms with Crippen molar-refractivity contribution in [2.75, 3.05) is 72.0 Å². The van der Waals surface area contributed by atoms with Crippen molar-refractivity contribution in [2.45, 2.75) is 43.0 Å². The lowest BCUT2D eigenvalue weighted by molar-refractivity contribution is -0.309. The van der Waals surface area contributed by atoms with Gasteiger partial charge in [0.1, 0.15) is 0 Å². The summed E-state index contributed by atoms with van der Waals surface area (Å²) in [5.74, 6) is -4.80. The summed E-state index contributed by atoms with van der Waals surface area (Å²) in [6.07, 6.45) is 4.57. The molecule has 1 aliphatic carbocycles. The number of alkyl halides is 1. The van der Waals surface area contributed by atoms with Gasteiger partial charge in [-0.15, -0.1) is 0 Å². The first-order valence-corrected chi connectivity index (χ1v) is 13.3. The number of hydrogen-bond donors (Lipinski definition) is 0. The highest BCUT2D eigenvalue weighted by molar-refractivity contribution is 9.09. The van der Waals surface area contributed by atoms with Gasteiger partial charge in [-0.25, -0.2) is 0 Å². The van der Waals surface area contributed by atoms with Crippen LogP contribution in [0.5, 0.6) is 0 Å². The van der Waals surface area contributed by atoms with Gasteiger partial charge >= 0.3 is 0 Å². The molecule has 36 heavy (non-hydrogen) atoms. The number of halogens is 1. The molecular weight excluding hydrogens is 540 g/mol. The molecule has 0 spiro atoms. The molecule has 0 aromatic rings. The van der Waals surface area contributed by atoms with Crippen LogP contribution in [0.2, 0.25) is 0 Å². The summed E-state index contributed by atoms with van der Waals surface area (Å²) in [6, 6.07) is -0.321. The lowest BCUT2D eigenvalue weighted by atomic mass is 9.84. The van der Waals surface area contributed by atoms with Crippen molar-refractivity contribution in [1.82, 2.24) is 19.6 Å². The van der Waals surface area contributed by atoms with Gasteiger partial charge in [0.2, 0.25) is 0 Å². The molecule has 2 aliphatic rings. The molecule has 13 heteroatoms. The maximum atomic E-state index is 11.6. The third-order valence-corrected chi connectivity index (χ3v) is 7.84. The molecule has 1 saturated carbocycles. The van der Waals surface area contributed by atoms with E-state index in [9.17, 15) is 39.6 Å². The molecule has 1 saturated heterocycles. The van der Waals surface area contributed by atoms with E-state index in [1.54, 1.807) is 19.6 Å². The topological polar surface area (TPSA) is 173 Å². The molecule has 0 amide bonds. The van der Waals surface area contributed by atoms with Gasteiger partial charge in [-0.3, -0.25) is 19.6 Å². The van der Waals surface area contributed by atoms with Crippen molar-refractivity contribution in [1.29, 1.82) is 0 Å². The highest BCUT2D eigenvalue weighted by Crippen LogP contribution is 2.32. The Morgan fingerprint density at radius 3 is 1.50 bits per heavy atom. The van der Waals surface area contributed by atoms with E-state index in [2.05, 4.69) is 15.9 Å². The summed E-state index contributed by atoms with van der Waals surface area (Å²) >= 11 is 3.64. The molecule has 1 aliphatic heterocycles. The Balaban J connectivity index is 2.31. The van der Waals surface area contributed by atoms with Crippen LogP contribution < -0.4 is 20.4 Å². The van der Waals surface area contributed by atoms with Crippen LogP contribution in [0.1, 0.15) is 32.1 Å². The fourth-order valence-corrected chi connectivity index (χ4v) is 5.62. The first kappa shape index (κ1) is 30.4. The summed E-state index contributed by atoms with van der Waals surface area (Å²) in [6.45, 7) is 0.0195. The molecule has 1 heterocycles. The zero-order chi connectivity index (χ0) is 26.7. The lowest BCUT2D eigenvalue weighted by Gasteiger charge is -2.41. The van der Waals surface area contributed by atoms with Crippen LogP contribution in [0.15, 0.2) is 0 Å². The van der Waals surface area contributed by atoms with Crippen molar-refractivity contribution in [2.24, 2.45) is 5.92 Å². The van der Waals surface area contributed by atoms with Gasteiger partial charge in [0.05, 0.1) is 23.9 Å². The van der Waals surface area contributed by atoms with E-state index >= 15 is 0 Å². The van der Waals surface area contributed by atoms with E-state index in [0.29, 0.717) is 17.2 Å². The minimum atomic E-state index is -1.29. The van der Waals surface area contributed by atoms with Gasteiger partial charge in [-0.05, 0) is 38.0 Å². The molecule has 0 N–H and O–H groups in total. The highest BCUT2D eigenvalue weighted by Gasteiger charge is 2.29. The first-order chi connectivity index (χ1) is 17.0. The van der Waals surface area contributed by atoms with E-state index in [4.69, 9.17) is 0 Å². The van der Waals surface area contributed by atoms with Gasteiger partial charge in [0.15, 0.2) is 0 Å². The average molecular weight is 575 g/mol. The largest absolute Gasteiger partial charge is 0.549 e. The summed E-state index contributed by atoms with van der Waals surface area (Å²) in [5, 5.41) is 45.6. The van der Waals surface area contributed by atoms with Crippen molar-refractivity contribution < 1.29 is 39.6 Å². The normalized spacial score (nSPS) is 26.5. The first-order valence-electron chi connectivity index (χ1n) is 12.4. The van der Waals surface area contributed by atoms with E-state index in [1.807, 2.05) is 0 Å². The Morgan fingerprint density at radius 2 is 1.03 bits per heavy atom. The van der Waals surface area contributed by atoms with Crippen LogP contribution in [0.3, 0.4) is 0 Å². The minimum Gasteiger partial charge on any atom is -0.549 e. The monoisotopic (exact) mass is 574 g/mol. The second kappa shape index (κ2) is 15.5. The molecule has 2 fully saturated rings. The Labute approximate surface area is 219 Å². The van der Waals surface area contributed by atoms with E-state index in [-0.39, 0.29) is 78.0 Å². The fourth-order valence-electron chi connectivity index (χ4n) is 5.09. The average Bonchev–Trinajstić information content (AvgIpc) is 2.76. The van der Waals surface area contributed by atoms with Crippen LogP contribution in [-0.2, 0) is 19.2 Å². The Kier molecular flexibility index (Phi) is 13.1. The van der Waals surface area contributed by atoms with Gasteiger partial charge in [-0.1, -0.05) is 15.9 Å². The molecular formula is C23H35BrN4O8-4. The maximum absolute atomic E-state index is 11.6. The number of carboxylic acids is 4. The number of carbonyl (C=O) groups excluding carboxylic acids is 4. The molecule has 0 bridgehead atoms. The predicted octanol–water partition coefficient (Wildman–Crippen LogP) is -5.08. The van der Waals surface area contributed by atoms with Crippen molar-refractivity contribution in [3.05, 3.63) is 0 Å². The summed E-state index contributed by atoms with van der Waals surface area (Å²) in [4.78, 5) is 52.7. The Morgan fingerprint density at radius 1 is 0.611 bits per heavy atom. The number of carbonyl (C=O) groups is 4. The minimum absolute atomic E-state index is 0.208. The molecule has 1 unspecified atom stereocenters. The zero-order valence-electron chi connectivity index (χ0n) is 20.5. The van der Waals surface area contributed by atoms with Gasteiger partial charge in [0, 0.05) is 82.9 Å². The second-order valence-electron chi connectivity index (χ2n) is 9.75. The number of aliphatic carboxylic acids is 4. The highest BCUT2D eigenvalue weighted by atomic mass is 79.9. The van der Waals surface area contributed by atoms with Crippen LogP contribution >= 0.6 is 15.9 Å². The van der Waals surface area contributed by atoms with Crippen molar-refractivity contribution in [3.63, 3.8) is 0 Å². The predicted molar refractivity (Wildman–Crippen MR) is 124 cm³/mol. The summed E-state index contributed by atoms with van der Waals surface area (Å²) in [5.41, 5.74) is 0. The van der Waals surface area contributed by atoms with Crippen LogP contribution in [0, 0.1) is 5.92 Å². The van der Waals surface area contributed by atoms with E-state index in [0.717, 1.165) is 25.7 Å². The smallest absolute Gasteiger partial charge is 0.0555 e. The number of rotatable bonds is 10. The zero-order valence-corrected chi connectivity index (χ0v) is 22.1. The van der Waals surface area contributed by atoms with E-state index in [1.165, 1.54) is 0 Å². The fraction of sp³-hybridized carbons (Fsp3) is 0.826. The molecule has 12 nitrogen and oxygen atoms in total. The molecule has 2 rings (SSSR count). The number of hydrogen-bond acceptors (Lipinski definition) is 12. The van der Waals surface area contributed by atoms with Gasteiger partial charge < -0.3 is 39.6 Å². The standard InChI is InChI=1S/C23H39BrN4O8/c24-18-3-1-17(2-4-18)11-19-12-27(15-22(33)34)8-7-25(13-20(29)30)5-6-26(14-21(31)32)9-10-28(19)16-23(35)36/h17-19H,1-16H2,(H,29,30)(H,31,32)(H,33,34)(H,35,36)/p-4.